The number of ether oxygens (including phenoxy) is 1. The van der Waals surface area contributed by atoms with E-state index in [0.29, 0.717) is 37.4 Å². The number of hydrogen-bond acceptors (Lipinski definition) is 6. The number of fused-ring (bicyclic) bond motifs is 1. The summed E-state index contributed by atoms with van der Waals surface area (Å²) >= 11 is 0. The second-order valence-corrected chi connectivity index (χ2v) is 7.40. The quantitative estimate of drug-likeness (QED) is 0.694. The van der Waals surface area contributed by atoms with Gasteiger partial charge in [-0.1, -0.05) is 12.1 Å². The predicted octanol–water partition coefficient (Wildman–Crippen LogP) is 1.29. The molecule has 0 radical (unpaired) electrons. The van der Waals surface area contributed by atoms with Crippen molar-refractivity contribution in [2.45, 2.75) is 44.2 Å². The number of carbonyl (C=O) groups excluding carboxylic acids is 2. The number of likely N-dealkylation sites (tertiary alicyclic amines) is 1. The number of likely N-dealkylation sites (N-methyl/N-ethyl adjacent to an activating group) is 1. The topological polar surface area (TPSA) is 96.5 Å². The molecule has 8 nitrogen and oxygen atoms in total. The third-order valence-electron chi connectivity index (χ3n) is 5.61. The first-order chi connectivity index (χ1) is 14.0. The van der Waals surface area contributed by atoms with Crippen LogP contribution in [-0.2, 0) is 16.0 Å². The van der Waals surface area contributed by atoms with E-state index < -0.39 is 0 Å². The van der Waals surface area contributed by atoms with E-state index in [-0.39, 0.29) is 23.9 Å². The molecule has 8 heteroatoms. The molecule has 3 rings (SSSR count). The molecule has 2 N–H and O–H groups in total. The van der Waals surface area contributed by atoms with Crippen molar-refractivity contribution in [3.63, 3.8) is 0 Å². The number of nitrogens with zero attached hydrogens (tertiary/aromatic N) is 3. The zero-order chi connectivity index (χ0) is 20.8. The van der Waals surface area contributed by atoms with Crippen LogP contribution < -0.4 is 15.4 Å². The maximum absolute atomic E-state index is 12.4. The number of methoxy groups -OCH3 is 1. The van der Waals surface area contributed by atoms with Crippen molar-refractivity contribution in [2.75, 3.05) is 27.7 Å². The number of benzene rings is 1. The van der Waals surface area contributed by atoms with Crippen LogP contribution in [-0.4, -0.2) is 66.5 Å². The van der Waals surface area contributed by atoms with Crippen molar-refractivity contribution in [3.05, 3.63) is 30.0 Å². The summed E-state index contributed by atoms with van der Waals surface area (Å²) in [5, 5.41) is 5.69. The monoisotopic (exact) mass is 399 g/mol. The molecular weight excluding hydrogens is 370 g/mol. The van der Waals surface area contributed by atoms with Crippen molar-refractivity contribution in [2.24, 2.45) is 0 Å². The standard InChI is InChI=1S/C21H29N5O3/c1-22-20(28)12-14-8-9-15(26(14)2)13-23-19(27)11-10-18-21(29-3)25-17-7-5-4-6-16(17)24-18/h4-7,14-15H,8-13H2,1-3H3,(H,22,28)(H,23,27)/t14-,15+/m1/s1. The molecule has 2 aromatic rings. The van der Waals surface area contributed by atoms with Crippen LogP contribution in [0.3, 0.4) is 0 Å². The smallest absolute Gasteiger partial charge is 0.235 e. The molecule has 1 fully saturated rings. The molecule has 0 saturated carbocycles. The molecule has 0 aliphatic carbocycles. The van der Waals surface area contributed by atoms with E-state index in [1.54, 1.807) is 14.2 Å². The minimum absolute atomic E-state index is 0.0230. The van der Waals surface area contributed by atoms with Crippen LogP contribution in [0, 0.1) is 0 Å². The molecule has 0 spiro atoms. The van der Waals surface area contributed by atoms with Crippen LogP contribution >= 0.6 is 0 Å². The normalized spacial score (nSPS) is 19.3. The second kappa shape index (κ2) is 9.65. The highest BCUT2D eigenvalue weighted by Gasteiger charge is 2.31. The fourth-order valence-electron chi connectivity index (χ4n) is 3.80. The van der Waals surface area contributed by atoms with E-state index >= 15 is 0 Å². The van der Waals surface area contributed by atoms with E-state index in [2.05, 4.69) is 25.5 Å². The third kappa shape index (κ3) is 5.20. The zero-order valence-electron chi connectivity index (χ0n) is 17.3. The van der Waals surface area contributed by atoms with Crippen LogP contribution in [0.15, 0.2) is 24.3 Å². The van der Waals surface area contributed by atoms with Gasteiger partial charge in [0, 0.05) is 44.9 Å². The molecule has 2 heterocycles. The Balaban J connectivity index is 1.50. The van der Waals surface area contributed by atoms with Crippen LogP contribution in [0.5, 0.6) is 5.88 Å². The third-order valence-corrected chi connectivity index (χ3v) is 5.61. The number of nitrogens with one attached hydrogen (secondary N) is 2. The van der Waals surface area contributed by atoms with E-state index in [1.165, 1.54) is 0 Å². The molecular formula is C21H29N5O3. The number of carbonyl (C=O) groups is 2. The molecule has 1 saturated heterocycles. The minimum atomic E-state index is -0.0230. The number of amides is 2. The van der Waals surface area contributed by atoms with Gasteiger partial charge in [-0.15, -0.1) is 0 Å². The summed E-state index contributed by atoms with van der Waals surface area (Å²) in [5.74, 6) is 0.492. The fraction of sp³-hybridized carbons (Fsp3) is 0.524. The van der Waals surface area contributed by atoms with Gasteiger partial charge in [0.25, 0.3) is 0 Å². The SMILES string of the molecule is CNC(=O)C[C@H]1CC[C@@H](CNC(=O)CCc2nc3ccccc3nc2OC)N1C. The van der Waals surface area contributed by atoms with Gasteiger partial charge >= 0.3 is 0 Å². The van der Waals surface area contributed by atoms with Gasteiger partial charge in [0.1, 0.15) is 5.69 Å². The maximum atomic E-state index is 12.4. The lowest BCUT2D eigenvalue weighted by Crippen LogP contribution is -2.42. The van der Waals surface area contributed by atoms with E-state index in [1.807, 2.05) is 31.3 Å². The molecule has 1 aromatic heterocycles. The lowest BCUT2D eigenvalue weighted by atomic mass is 10.1. The van der Waals surface area contributed by atoms with Crippen LogP contribution in [0.25, 0.3) is 11.0 Å². The van der Waals surface area contributed by atoms with Gasteiger partial charge in [0.05, 0.1) is 18.1 Å². The molecule has 0 bridgehead atoms. The summed E-state index contributed by atoms with van der Waals surface area (Å²) in [7, 11) is 5.24. The average molecular weight is 399 g/mol. The molecule has 1 aromatic carbocycles. The summed E-state index contributed by atoms with van der Waals surface area (Å²) in [6, 6.07) is 8.09. The number of aryl methyl sites for hydroxylation is 1. The summed E-state index contributed by atoms with van der Waals surface area (Å²) in [5.41, 5.74) is 2.25. The highest BCUT2D eigenvalue weighted by atomic mass is 16.5. The second-order valence-electron chi connectivity index (χ2n) is 7.40. The first kappa shape index (κ1) is 21.0. The number of para-hydroxylation sites is 2. The molecule has 2 amide bonds. The maximum Gasteiger partial charge on any atom is 0.235 e. The first-order valence-corrected chi connectivity index (χ1v) is 10.0. The summed E-state index contributed by atoms with van der Waals surface area (Å²) in [4.78, 5) is 35.3. The largest absolute Gasteiger partial charge is 0.480 e. The van der Waals surface area contributed by atoms with Crippen molar-refractivity contribution in [1.82, 2.24) is 25.5 Å². The van der Waals surface area contributed by atoms with Gasteiger partial charge < -0.3 is 15.4 Å². The molecule has 2 atom stereocenters. The number of aromatic nitrogens is 2. The van der Waals surface area contributed by atoms with Gasteiger partial charge in [-0.05, 0) is 32.0 Å². The van der Waals surface area contributed by atoms with Gasteiger partial charge in [-0.2, -0.15) is 0 Å². The Hall–Kier alpha value is -2.74. The van der Waals surface area contributed by atoms with Crippen LogP contribution in [0.4, 0.5) is 0 Å². The summed E-state index contributed by atoms with van der Waals surface area (Å²) in [6.45, 7) is 0.583. The van der Waals surface area contributed by atoms with Crippen molar-refractivity contribution in [1.29, 1.82) is 0 Å². The first-order valence-electron chi connectivity index (χ1n) is 10.0. The number of hydrogen-bond donors (Lipinski definition) is 2. The van der Waals surface area contributed by atoms with E-state index in [0.717, 1.165) is 23.9 Å². The average Bonchev–Trinajstić information content (AvgIpc) is 3.08. The van der Waals surface area contributed by atoms with Crippen molar-refractivity contribution in [3.8, 4) is 5.88 Å². The van der Waals surface area contributed by atoms with Crippen molar-refractivity contribution >= 4 is 22.8 Å². The van der Waals surface area contributed by atoms with Crippen molar-refractivity contribution < 1.29 is 14.3 Å². The Morgan fingerprint density at radius 1 is 1.14 bits per heavy atom. The Kier molecular flexibility index (Phi) is 6.98. The fourth-order valence-corrected chi connectivity index (χ4v) is 3.80. The highest BCUT2D eigenvalue weighted by molar-refractivity contribution is 5.77. The Morgan fingerprint density at radius 2 is 1.83 bits per heavy atom. The van der Waals surface area contributed by atoms with Gasteiger partial charge in [0.2, 0.25) is 17.7 Å². The molecule has 1 aliphatic rings. The van der Waals surface area contributed by atoms with E-state index in [4.69, 9.17) is 4.74 Å². The summed E-state index contributed by atoms with van der Waals surface area (Å²) < 4.78 is 5.35. The van der Waals surface area contributed by atoms with Gasteiger partial charge in [-0.25, -0.2) is 9.97 Å². The molecule has 156 valence electrons. The van der Waals surface area contributed by atoms with Gasteiger partial charge in [0.15, 0.2) is 0 Å². The van der Waals surface area contributed by atoms with Gasteiger partial charge in [-0.3, -0.25) is 14.5 Å². The van der Waals surface area contributed by atoms with Crippen LogP contribution in [0.2, 0.25) is 0 Å². The zero-order valence-corrected chi connectivity index (χ0v) is 17.3. The van der Waals surface area contributed by atoms with Crippen LogP contribution in [0.1, 0.15) is 31.4 Å². The highest BCUT2D eigenvalue weighted by Crippen LogP contribution is 2.24. The predicted molar refractivity (Wildman–Crippen MR) is 111 cm³/mol. The Morgan fingerprint density at radius 3 is 2.52 bits per heavy atom. The lowest BCUT2D eigenvalue weighted by molar-refractivity contribution is -0.122. The van der Waals surface area contributed by atoms with E-state index in [9.17, 15) is 9.59 Å². The molecule has 0 unspecified atom stereocenters. The molecule has 29 heavy (non-hydrogen) atoms. The Labute approximate surface area is 171 Å². The lowest BCUT2D eigenvalue weighted by Gasteiger charge is -2.25. The molecule has 1 aliphatic heterocycles. The number of rotatable bonds is 8. The minimum Gasteiger partial charge on any atom is -0.480 e. The summed E-state index contributed by atoms with van der Waals surface area (Å²) in [6.07, 6.45) is 3.22. The Bertz CT molecular complexity index is 873.